The molecule has 0 aliphatic rings. The van der Waals surface area contributed by atoms with Crippen LogP contribution in [-0.4, -0.2) is 34.0 Å². The molecule has 0 atom stereocenters. The van der Waals surface area contributed by atoms with Crippen LogP contribution in [-0.2, 0) is 14.8 Å². The molecule has 0 fully saturated rings. The fraction of sp³-hybridized carbons (Fsp3) is 0.350. The molecule has 7 heteroatoms. The molecule has 0 aromatic heterocycles. The van der Waals surface area contributed by atoms with E-state index in [2.05, 4.69) is 10.0 Å². The first kappa shape index (κ1) is 20.9. The van der Waals surface area contributed by atoms with E-state index < -0.39 is 10.0 Å². The molecular weight excluding hydrogens is 364 g/mol. The minimum atomic E-state index is -3.56. The van der Waals surface area contributed by atoms with Gasteiger partial charge in [0, 0.05) is 13.1 Å². The molecule has 0 aliphatic carbocycles. The van der Waals surface area contributed by atoms with Crippen LogP contribution < -0.4 is 14.8 Å². The van der Waals surface area contributed by atoms with E-state index >= 15 is 0 Å². The highest BCUT2D eigenvalue weighted by Gasteiger charge is 2.13. The molecule has 0 heterocycles. The highest BCUT2D eigenvalue weighted by molar-refractivity contribution is 7.89. The highest BCUT2D eigenvalue weighted by Crippen LogP contribution is 2.22. The molecular formula is C20H26N2O4S. The number of ether oxygens (including phenoxy) is 1. The lowest BCUT2D eigenvalue weighted by molar-refractivity contribution is -0.121. The van der Waals surface area contributed by atoms with Crippen molar-refractivity contribution in [3.05, 3.63) is 59.2 Å². The largest absolute Gasteiger partial charge is 0.493 e. The van der Waals surface area contributed by atoms with Gasteiger partial charge in [-0.15, -0.1) is 0 Å². The number of hydrogen-bond donors (Lipinski definition) is 2. The van der Waals surface area contributed by atoms with Gasteiger partial charge in [-0.05, 0) is 44.0 Å². The second-order valence-corrected chi connectivity index (χ2v) is 8.15. The zero-order valence-corrected chi connectivity index (χ0v) is 16.7. The quantitative estimate of drug-likeness (QED) is 0.644. The number of nitrogens with one attached hydrogen (secondary N) is 2. The summed E-state index contributed by atoms with van der Waals surface area (Å²) < 4.78 is 32.4. The first-order valence-corrected chi connectivity index (χ1v) is 10.3. The maximum Gasteiger partial charge on any atom is 0.240 e. The summed E-state index contributed by atoms with van der Waals surface area (Å²) in [7, 11) is -3.56. The van der Waals surface area contributed by atoms with Gasteiger partial charge in [0.2, 0.25) is 15.9 Å². The third-order valence-corrected chi connectivity index (χ3v) is 5.53. The Labute approximate surface area is 161 Å². The number of hydrogen-bond acceptors (Lipinski definition) is 4. The van der Waals surface area contributed by atoms with Crippen molar-refractivity contribution in [2.24, 2.45) is 0 Å². The summed E-state index contributed by atoms with van der Waals surface area (Å²) in [6, 6.07) is 12.5. The molecule has 27 heavy (non-hydrogen) atoms. The number of rotatable bonds is 9. The number of aryl methyl sites for hydroxylation is 3. The van der Waals surface area contributed by atoms with Gasteiger partial charge in [0.25, 0.3) is 0 Å². The van der Waals surface area contributed by atoms with Gasteiger partial charge in [-0.3, -0.25) is 4.79 Å². The number of amides is 1. The van der Waals surface area contributed by atoms with E-state index in [0.717, 1.165) is 22.4 Å². The van der Waals surface area contributed by atoms with Crippen molar-refractivity contribution in [3.63, 3.8) is 0 Å². The van der Waals surface area contributed by atoms with E-state index in [1.807, 2.05) is 39.0 Å². The molecule has 0 saturated carbocycles. The van der Waals surface area contributed by atoms with Crippen LogP contribution in [0.25, 0.3) is 0 Å². The molecule has 0 unspecified atom stereocenters. The van der Waals surface area contributed by atoms with Crippen LogP contribution in [0.3, 0.4) is 0 Å². The summed E-state index contributed by atoms with van der Waals surface area (Å²) in [5.74, 6) is 0.618. The fourth-order valence-corrected chi connectivity index (χ4v) is 3.58. The molecule has 0 radical (unpaired) electrons. The number of carbonyl (C=O) groups is 1. The lowest BCUT2D eigenvalue weighted by atomic mass is 10.1. The second kappa shape index (κ2) is 9.53. The van der Waals surface area contributed by atoms with Gasteiger partial charge in [0.15, 0.2) is 0 Å². The van der Waals surface area contributed by atoms with Gasteiger partial charge in [-0.1, -0.05) is 35.9 Å². The average Bonchev–Trinajstić information content (AvgIpc) is 2.62. The Balaban J connectivity index is 1.69. The first-order chi connectivity index (χ1) is 12.8. The SMILES string of the molecule is Cc1ccc(S(=O)(=O)NCCNC(=O)CCOc2c(C)cccc2C)cc1. The number of sulfonamides is 1. The van der Waals surface area contributed by atoms with Crippen molar-refractivity contribution in [2.45, 2.75) is 32.1 Å². The predicted molar refractivity (Wildman–Crippen MR) is 105 cm³/mol. The van der Waals surface area contributed by atoms with E-state index in [-0.39, 0.29) is 36.9 Å². The summed E-state index contributed by atoms with van der Waals surface area (Å²) in [5, 5.41) is 2.69. The summed E-state index contributed by atoms with van der Waals surface area (Å²) in [4.78, 5) is 12.1. The predicted octanol–water partition coefficient (Wildman–Crippen LogP) is 2.48. The lowest BCUT2D eigenvalue weighted by Gasteiger charge is -2.12. The Morgan fingerprint density at radius 3 is 2.22 bits per heavy atom. The van der Waals surface area contributed by atoms with Crippen molar-refractivity contribution in [1.29, 1.82) is 0 Å². The van der Waals surface area contributed by atoms with Crippen LogP contribution in [0.5, 0.6) is 5.75 Å². The molecule has 2 aromatic rings. The van der Waals surface area contributed by atoms with Crippen molar-refractivity contribution >= 4 is 15.9 Å². The van der Waals surface area contributed by atoms with Crippen molar-refractivity contribution in [2.75, 3.05) is 19.7 Å². The molecule has 146 valence electrons. The maximum atomic E-state index is 12.1. The van der Waals surface area contributed by atoms with Gasteiger partial charge >= 0.3 is 0 Å². The van der Waals surface area contributed by atoms with Gasteiger partial charge in [-0.25, -0.2) is 13.1 Å². The molecule has 0 saturated heterocycles. The minimum Gasteiger partial charge on any atom is -0.493 e. The van der Waals surface area contributed by atoms with E-state index in [9.17, 15) is 13.2 Å². The van der Waals surface area contributed by atoms with Crippen LogP contribution in [0.4, 0.5) is 0 Å². The van der Waals surface area contributed by atoms with Gasteiger partial charge in [0.1, 0.15) is 5.75 Å². The van der Waals surface area contributed by atoms with Gasteiger partial charge < -0.3 is 10.1 Å². The van der Waals surface area contributed by atoms with Crippen LogP contribution in [0.15, 0.2) is 47.4 Å². The molecule has 2 N–H and O–H groups in total. The Bertz CT molecular complexity index is 857. The normalized spacial score (nSPS) is 11.2. The Kier molecular flexibility index (Phi) is 7.38. The van der Waals surface area contributed by atoms with E-state index in [0.29, 0.717) is 0 Å². The van der Waals surface area contributed by atoms with E-state index in [1.54, 1.807) is 24.3 Å². The molecule has 0 spiro atoms. The maximum absolute atomic E-state index is 12.1. The van der Waals surface area contributed by atoms with Crippen molar-refractivity contribution < 1.29 is 17.9 Å². The summed E-state index contributed by atoms with van der Waals surface area (Å²) >= 11 is 0. The standard InChI is InChI=1S/C20H26N2O4S/c1-15-7-9-18(10-8-15)27(24,25)22-13-12-21-19(23)11-14-26-20-16(2)5-4-6-17(20)3/h4-10,22H,11-14H2,1-3H3,(H,21,23). The zero-order valence-electron chi connectivity index (χ0n) is 15.9. The van der Waals surface area contributed by atoms with Crippen LogP contribution in [0.1, 0.15) is 23.1 Å². The fourth-order valence-electron chi connectivity index (χ4n) is 2.55. The monoisotopic (exact) mass is 390 g/mol. The van der Waals surface area contributed by atoms with Gasteiger partial charge in [0.05, 0.1) is 17.9 Å². The van der Waals surface area contributed by atoms with E-state index in [1.165, 1.54) is 0 Å². The Hall–Kier alpha value is -2.38. The lowest BCUT2D eigenvalue weighted by Crippen LogP contribution is -2.35. The minimum absolute atomic E-state index is 0.125. The molecule has 0 bridgehead atoms. The molecule has 1 amide bonds. The molecule has 2 rings (SSSR count). The summed E-state index contributed by atoms with van der Waals surface area (Å²) in [6.45, 7) is 6.42. The average molecular weight is 391 g/mol. The van der Waals surface area contributed by atoms with Gasteiger partial charge in [-0.2, -0.15) is 0 Å². The zero-order chi connectivity index (χ0) is 19.9. The second-order valence-electron chi connectivity index (χ2n) is 6.38. The summed E-state index contributed by atoms with van der Waals surface area (Å²) in [6.07, 6.45) is 0.207. The molecule has 6 nitrogen and oxygen atoms in total. The van der Waals surface area contributed by atoms with E-state index in [4.69, 9.17) is 4.74 Å². The smallest absolute Gasteiger partial charge is 0.240 e. The van der Waals surface area contributed by atoms with Crippen LogP contribution >= 0.6 is 0 Å². The summed E-state index contributed by atoms with van der Waals surface area (Å²) in [5.41, 5.74) is 3.05. The number of carbonyl (C=O) groups excluding carboxylic acids is 1. The van der Waals surface area contributed by atoms with Crippen molar-refractivity contribution in [3.8, 4) is 5.75 Å². The highest BCUT2D eigenvalue weighted by atomic mass is 32.2. The Morgan fingerprint density at radius 2 is 1.59 bits per heavy atom. The molecule has 0 aliphatic heterocycles. The number of para-hydroxylation sites is 1. The number of benzene rings is 2. The van der Waals surface area contributed by atoms with Crippen LogP contribution in [0, 0.1) is 20.8 Å². The first-order valence-electron chi connectivity index (χ1n) is 8.81. The topological polar surface area (TPSA) is 84.5 Å². The molecule has 2 aromatic carbocycles. The Morgan fingerprint density at radius 1 is 0.963 bits per heavy atom. The third kappa shape index (κ3) is 6.37. The third-order valence-electron chi connectivity index (χ3n) is 4.05. The van der Waals surface area contributed by atoms with Crippen molar-refractivity contribution in [1.82, 2.24) is 10.0 Å². The van der Waals surface area contributed by atoms with Crippen LogP contribution in [0.2, 0.25) is 0 Å².